The van der Waals surface area contributed by atoms with Gasteiger partial charge in [-0.3, -0.25) is 9.69 Å². The fourth-order valence-electron chi connectivity index (χ4n) is 3.03. The number of rotatable bonds is 6. The topological polar surface area (TPSA) is 76.4 Å². The third kappa shape index (κ3) is 4.97. The summed E-state index contributed by atoms with van der Waals surface area (Å²) in [5, 5.41) is 11.4. The highest BCUT2D eigenvalue weighted by Gasteiger charge is 2.31. The van der Waals surface area contributed by atoms with Crippen LogP contribution < -0.4 is 4.90 Å². The van der Waals surface area contributed by atoms with E-state index >= 15 is 0 Å². The van der Waals surface area contributed by atoms with Crippen molar-refractivity contribution in [2.45, 2.75) is 26.2 Å². The molecule has 2 heterocycles. The number of carbonyl (C=O) groups excluding carboxylic acids is 1. The number of anilines is 1. The molecule has 28 heavy (non-hydrogen) atoms. The number of tetrazole rings is 1. The first kappa shape index (κ1) is 20.1. The van der Waals surface area contributed by atoms with Gasteiger partial charge in [0.2, 0.25) is 0 Å². The Hall–Kier alpha value is -2.69. The number of hydrogen-bond acceptors (Lipinski definition) is 7. The Morgan fingerprint density at radius 2 is 1.96 bits per heavy atom. The zero-order chi connectivity index (χ0) is 20.1. The Kier molecular flexibility index (Phi) is 6.12. The van der Waals surface area contributed by atoms with Crippen molar-refractivity contribution in [2.24, 2.45) is 0 Å². The van der Waals surface area contributed by atoms with E-state index in [-0.39, 0.29) is 13.2 Å². The molecule has 1 aromatic carbocycles. The summed E-state index contributed by atoms with van der Waals surface area (Å²) in [5.74, 6) is 0.131. The summed E-state index contributed by atoms with van der Waals surface area (Å²) in [4.78, 5) is 15.6. The molecule has 0 aliphatic carbocycles. The Morgan fingerprint density at radius 3 is 2.64 bits per heavy atom. The summed E-state index contributed by atoms with van der Waals surface area (Å²) < 4.78 is 45.0. The van der Waals surface area contributed by atoms with Crippen molar-refractivity contribution in [3.05, 3.63) is 35.7 Å². The molecule has 0 unspecified atom stereocenters. The minimum atomic E-state index is -4.35. The number of esters is 1. The number of alkyl halides is 3. The third-order valence-corrected chi connectivity index (χ3v) is 4.47. The van der Waals surface area contributed by atoms with E-state index in [0.717, 1.165) is 6.07 Å². The predicted octanol–water partition coefficient (Wildman–Crippen LogP) is 1.58. The molecule has 152 valence electrons. The van der Waals surface area contributed by atoms with Crippen LogP contribution in [0.5, 0.6) is 0 Å². The molecule has 0 amide bonds. The highest BCUT2D eigenvalue weighted by molar-refractivity contribution is 5.69. The van der Waals surface area contributed by atoms with Crippen LogP contribution in [0.15, 0.2) is 24.3 Å². The second-order valence-electron chi connectivity index (χ2n) is 6.37. The van der Waals surface area contributed by atoms with E-state index in [0.29, 0.717) is 44.2 Å². The Balaban J connectivity index is 1.57. The molecule has 2 aromatic rings. The highest BCUT2D eigenvalue weighted by atomic mass is 19.4. The fourth-order valence-corrected chi connectivity index (χ4v) is 3.03. The normalized spacial score (nSPS) is 15.6. The van der Waals surface area contributed by atoms with Gasteiger partial charge in [-0.25, -0.2) is 4.68 Å². The zero-order valence-electron chi connectivity index (χ0n) is 15.4. The molecule has 1 aromatic heterocycles. The van der Waals surface area contributed by atoms with Crippen molar-refractivity contribution < 1.29 is 22.7 Å². The summed E-state index contributed by atoms with van der Waals surface area (Å²) in [6, 6.07) is 5.36. The van der Waals surface area contributed by atoms with Crippen LogP contribution in [0, 0.1) is 0 Å². The first-order chi connectivity index (χ1) is 13.4. The minimum absolute atomic E-state index is 0.0552. The van der Waals surface area contributed by atoms with E-state index in [4.69, 9.17) is 4.74 Å². The molecule has 3 rings (SSSR count). The average molecular weight is 398 g/mol. The molecule has 0 atom stereocenters. The number of nitrogens with zero attached hydrogens (tertiary/aromatic N) is 6. The van der Waals surface area contributed by atoms with Gasteiger partial charge < -0.3 is 9.64 Å². The molecule has 8 nitrogen and oxygen atoms in total. The van der Waals surface area contributed by atoms with Crippen LogP contribution in [-0.2, 0) is 28.8 Å². The molecular weight excluding hydrogens is 377 g/mol. The summed E-state index contributed by atoms with van der Waals surface area (Å²) in [6.07, 6.45) is -4.35. The first-order valence-electron chi connectivity index (χ1n) is 8.92. The van der Waals surface area contributed by atoms with Crippen LogP contribution in [0.25, 0.3) is 0 Å². The van der Waals surface area contributed by atoms with Crippen LogP contribution in [0.2, 0.25) is 0 Å². The van der Waals surface area contributed by atoms with E-state index in [1.54, 1.807) is 13.0 Å². The van der Waals surface area contributed by atoms with Gasteiger partial charge >= 0.3 is 12.1 Å². The fraction of sp³-hybridized carbons (Fsp3) is 0.529. The maximum atomic E-state index is 12.9. The van der Waals surface area contributed by atoms with Crippen molar-refractivity contribution >= 4 is 11.7 Å². The average Bonchev–Trinajstić information content (AvgIpc) is 3.08. The molecule has 1 aliphatic heterocycles. The van der Waals surface area contributed by atoms with Crippen LogP contribution in [-0.4, -0.2) is 63.9 Å². The Bertz CT molecular complexity index is 802. The second-order valence-corrected chi connectivity index (χ2v) is 6.37. The molecule has 0 spiro atoms. The SMILES string of the molecule is CCOC(=O)Cn1nnnc1CN1CCN(c2cccc(C(F)(F)F)c2)CC1. The van der Waals surface area contributed by atoms with E-state index < -0.39 is 17.7 Å². The molecule has 0 bridgehead atoms. The molecule has 0 saturated carbocycles. The quantitative estimate of drug-likeness (QED) is 0.684. The van der Waals surface area contributed by atoms with Gasteiger partial charge in [-0.15, -0.1) is 5.10 Å². The number of aromatic nitrogens is 4. The molecular formula is C17H21F3N6O2. The smallest absolute Gasteiger partial charge is 0.416 e. The van der Waals surface area contributed by atoms with Gasteiger partial charge in [0.25, 0.3) is 0 Å². The molecule has 1 aliphatic rings. The maximum absolute atomic E-state index is 12.9. The molecule has 0 radical (unpaired) electrons. The van der Waals surface area contributed by atoms with Gasteiger partial charge in [-0.05, 0) is 35.5 Å². The second kappa shape index (κ2) is 8.55. The van der Waals surface area contributed by atoms with Gasteiger partial charge in [-0.1, -0.05) is 6.07 Å². The monoisotopic (exact) mass is 398 g/mol. The van der Waals surface area contributed by atoms with Crippen molar-refractivity contribution in [3.8, 4) is 0 Å². The van der Waals surface area contributed by atoms with Crippen LogP contribution >= 0.6 is 0 Å². The zero-order valence-corrected chi connectivity index (χ0v) is 15.4. The highest BCUT2D eigenvalue weighted by Crippen LogP contribution is 2.31. The van der Waals surface area contributed by atoms with E-state index in [1.165, 1.54) is 16.8 Å². The standard InChI is InChI=1S/C17H21F3N6O2/c1-2-28-16(27)12-26-15(21-22-23-26)11-24-6-8-25(9-7-24)14-5-3-4-13(10-14)17(18,19)20/h3-5,10H,2,6-9,11-12H2,1H3. The van der Waals surface area contributed by atoms with E-state index in [1.807, 2.05) is 4.90 Å². The number of piperazine rings is 1. The molecule has 1 saturated heterocycles. The van der Waals surface area contributed by atoms with Gasteiger partial charge in [-0.2, -0.15) is 13.2 Å². The number of halogens is 3. The van der Waals surface area contributed by atoms with Crippen molar-refractivity contribution in [1.29, 1.82) is 0 Å². The lowest BCUT2D eigenvalue weighted by atomic mass is 10.1. The maximum Gasteiger partial charge on any atom is 0.416 e. The summed E-state index contributed by atoms with van der Waals surface area (Å²) >= 11 is 0. The van der Waals surface area contributed by atoms with Gasteiger partial charge in [0.05, 0.1) is 18.7 Å². The summed E-state index contributed by atoms with van der Waals surface area (Å²) in [6.45, 7) is 4.85. The number of hydrogen-bond donors (Lipinski definition) is 0. The number of ether oxygens (including phenoxy) is 1. The minimum Gasteiger partial charge on any atom is -0.465 e. The first-order valence-corrected chi connectivity index (χ1v) is 8.92. The van der Waals surface area contributed by atoms with Crippen LogP contribution in [0.3, 0.4) is 0 Å². The Labute approximate surface area is 159 Å². The van der Waals surface area contributed by atoms with Gasteiger partial charge in [0, 0.05) is 31.9 Å². The number of carbonyl (C=O) groups is 1. The lowest BCUT2D eigenvalue weighted by Gasteiger charge is -2.36. The largest absolute Gasteiger partial charge is 0.465 e. The summed E-state index contributed by atoms with van der Waals surface area (Å²) in [5.41, 5.74) is -0.0906. The Morgan fingerprint density at radius 1 is 1.21 bits per heavy atom. The molecule has 1 fully saturated rings. The van der Waals surface area contributed by atoms with Crippen molar-refractivity contribution in [2.75, 3.05) is 37.7 Å². The van der Waals surface area contributed by atoms with E-state index in [9.17, 15) is 18.0 Å². The lowest BCUT2D eigenvalue weighted by molar-refractivity contribution is -0.144. The third-order valence-electron chi connectivity index (χ3n) is 4.47. The van der Waals surface area contributed by atoms with E-state index in [2.05, 4.69) is 20.4 Å². The van der Waals surface area contributed by atoms with Crippen LogP contribution in [0.1, 0.15) is 18.3 Å². The summed E-state index contributed by atoms with van der Waals surface area (Å²) in [7, 11) is 0. The van der Waals surface area contributed by atoms with Gasteiger partial charge in [0.1, 0.15) is 6.54 Å². The van der Waals surface area contributed by atoms with Crippen LogP contribution in [0.4, 0.5) is 18.9 Å². The predicted molar refractivity (Wildman–Crippen MR) is 93.4 cm³/mol. The number of benzene rings is 1. The lowest BCUT2D eigenvalue weighted by Crippen LogP contribution is -2.46. The van der Waals surface area contributed by atoms with Crippen molar-refractivity contribution in [1.82, 2.24) is 25.1 Å². The molecule has 0 N–H and O–H groups in total. The van der Waals surface area contributed by atoms with Crippen molar-refractivity contribution in [3.63, 3.8) is 0 Å². The molecule has 11 heteroatoms. The van der Waals surface area contributed by atoms with Gasteiger partial charge in [0.15, 0.2) is 5.82 Å².